The van der Waals surface area contributed by atoms with Gasteiger partial charge in [-0.05, 0) is 26.0 Å². The van der Waals surface area contributed by atoms with E-state index >= 15 is 0 Å². The van der Waals surface area contributed by atoms with Crippen LogP contribution in [-0.2, 0) is 19.7 Å². The average molecular weight is 287 g/mol. The van der Waals surface area contributed by atoms with E-state index in [0.717, 1.165) is 30.2 Å². The Morgan fingerprint density at radius 3 is 2.76 bits per heavy atom. The summed E-state index contributed by atoms with van der Waals surface area (Å²) in [7, 11) is 0. The minimum atomic E-state index is 0.460. The lowest BCUT2D eigenvalue weighted by Gasteiger charge is -2.14. The van der Waals surface area contributed by atoms with Crippen molar-refractivity contribution in [1.29, 1.82) is 0 Å². The van der Waals surface area contributed by atoms with Gasteiger partial charge < -0.3 is 10.1 Å². The molecule has 0 saturated heterocycles. The molecule has 0 saturated carbocycles. The normalized spacial score (nSPS) is 11.1. The van der Waals surface area contributed by atoms with E-state index < -0.39 is 0 Å². The Labute approximate surface area is 127 Å². The van der Waals surface area contributed by atoms with Crippen molar-refractivity contribution in [3.63, 3.8) is 0 Å². The van der Waals surface area contributed by atoms with E-state index in [9.17, 15) is 0 Å². The summed E-state index contributed by atoms with van der Waals surface area (Å²) in [6, 6.07) is 10.7. The van der Waals surface area contributed by atoms with Crippen molar-refractivity contribution in [3.8, 4) is 5.75 Å². The third-order valence-electron chi connectivity index (χ3n) is 3.33. The van der Waals surface area contributed by atoms with Crippen molar-refractivity contribution in [1.82, 2.24) is 15.1 Å². The van der Waals surface area contributed by atoms with Gasteiger partial charge >= 0.3 is 0 Å². The third-order valence-corrected chi connectivity index (χ3v) is 3.33. The molecule has 2 aromatic rings. The maximum absolute atomic E-state index is 6.01. The predicted molar refractivity (Wildman–Crippen MR) is 85.4 cm³/mol. The quantitative estimate of drug-likeness (QED) is 0.849. The maximum atomic E-state index is 6.01. The number of aromatic nitrogens is 2. The number of rotatable bonds is 7. The molecule has 0 bridgehead atoms. The van der Waals surface area contributed by atoms with Gasteiger partial charge in [-0.3, -0.25) is 4.68 Å². The zero-order valence-electron chi connectivity index (χ0n) is 13.4. The van der Waals surface area contributed by atoms with Crippen LogP contribution in [-0.4, -0.2) is 15.8 Å². The highest BCUT2D eigenvalue weighted by Gasteiger charge is 2.07. The first-order valence-electron chi connectivity index (χ1n) is 7.57. The summed E-state index contributed by atoms with van der Waals surface area (Å²) in [6.07, 6.45) is 0. The first-order valence-corrected chi connectivity index (χ1v) is 7.57. The van der Waals surface area contributed by atoms with Crippen LogP contribution in [0.5, 0.6) is 5.75 Å². The molecule has 2 rings (SSSR count). The molecule has 0 atom stereocenters. The van der Waals surface area contributed by atoms with E-state index in [1.807, 2.05) is 29.8 Å². The molecule has 1 heterocycles. The van der Waals surface area contributed by atoms with Gasteiger partial charge in [-0.2, -0.15) is 5.10 Å². The summed E-state index contributed by atoms with van der Waals surface area (Å²) in [4.78, 5) is 0. The predicted octanol–water partition coefficient (Wildman–Crippen LogP) is 3.29. The van der Waals surface area contributed by atoms with Crippen molar-refractivity contribution in [3.05, 3.63) is 47.3 Å². The SMILES string of the molecule is CCn1nc(C)cc1COc1ccccc1CNC(C)C. The Balaban J connectivity index is 2.05. The second-order valence-corrected chi connectivity index (χ2v) is 5.52. The summed E-state index contributed by atoms with van der Waals surface area (Å²) >= 11 is 0. The number of nitrogens with one attached hydrogen (secondary N) is 1. The monoisotopic (exact) mass is 287 g/mol. The second-order valence-electron chi connectivity index (χ2n) is 5.52. The van der Waals surface area contributed by atoms with E-state index in [0.29, 0.717) is 12.6 Å². The molecule has 0 amide bonds. The Morgan fingerprint density at radius 1 is 1.29 bits per heavy atom. The number of nitrogens with zero attached hydrogens (tertiary/aromatic N) is 2. The first-order chi connectivity index (χ1) is 10.1. The largest absolute Gasteiger partial charge is 0.487 e. The molecule has 1 aromatic heterocycles. The van der Waals surface area contributed by atoms with E-state index in [4.69, 9.17) is 4.74 Å². The molecule has 4 heteroatoms. The number of hydrogen-bond acceptors (Lipinski definition) is 3. The summed E-state index contributed by atoms with van der Waals surface area (Å²) in [5, 5.41) is 7.88. The fourth-order valence-electron chi connectivity index (χ4n) is 2.25. The topological polar surface area (TPSA) is 39.1 Å². The number of ether oxygens (including phenoxy) is 1. The van der Waals surface area contributed by atoms with Gasteiger partial charge in [0.2, 0.25) is 0 Å². The van der Waals surface area contributed by atoms with Crippen molar-refractivity contribution >= 4 is 0 Å². The van der Waals surface area contributed by atoms with E-state index in [1.165, 1.54) is 5.56 Å². The maximum Gasteiger partial charge on any atom is 0.130 e. The van der Waals surface area contributed by atoms with E-state index in [2.05, 4.69) is 43.3 Å². The molecule has 21 heavy (non-hydrogen) atoms. The standard InChI is InChI=1S/C17H25N3O/c1-5-20-16(10-14(4)19-20)12-21-17-9-7-6-8-15(17)11-18-13(2)3/h6-10,13,18H,5,11-12H2,1-4H3. The molecule has 0 aliphatic carbocycles. The lowest BCUT2D eigenvalue weighted by molar-refractivity contribution is 0.288. The zero-order valence-corrected chi connectivity index (χ0v) is 13.4. The van der Waals surface area contributed by atoms with Gasteiger partial charge in [0.05, 0.1) is 11.4 Å². The minimum absolute atomic E-state index is 0.460. The van der Waals surface area contributed by atoms with Crippen LogP contribution in [0.3, 0.4) is 0 Å². The fourth-order valence-corrected chi connectivity index (χ4v) is 2.25. The van der Waals surface area contributed by atoms with Gasteiger partial charge in [0, 0.05) is 24.7 Å². The summed E-state index contributed by atoms with van der Waals surface area (Å²) in [5.41, 5.74) is 3.33. The Kier molecular flexibility index (Phi) is 5.39. The molecule has 114 valence electrons. The molecule has 1 N–H and O–H groups in total. The van der Waals surface area contributed by atoms with Gasteiger partial charge in [0.15, 0.2) is 0 Å². The highest BCUT2D eigenvalue weighted by Crippen LogP contribution is 2.19. The van der Waals surface area contributed by atoms with Crippen LogP contribution in [0.2, 0.25) is 0 Å². The smallest absolute Gasteiger partial charge is 0.130 e. The van der Waals surface area contributed by atoms with E-state index in [1.54, 1.807) is 0 Å². The molecule has 0 spiro atoms. The second kappa shape index (κ2) is 7.27. The summed E-state index contributed by atoms with van der Waals surface area (Å²) in [5.74, 6) is 0.937. The molecular formula is C17H25N3O. The Hall–Kier alpha value is -1.81. The lowest BCUT2D eigenvalue weighted by atomic mass is 10.2. The third kappa shape index (κ3) is 4.33. The minimum Gasteiger partial charge on any atom is -0.487 e. The van der Waals surface area contributed by atoms with Crippen LogP contribution in [0.1, 0.15) is 37.7 Å². The molecule has 1 aromatic carbocycles. The summed E-state index contributed by atoms with van der Waals surface area (Å²) in [6.45, 7) is 10.6. The van der Waals surface area contributed by atoms with Gasteiger partial charge in [-0.25, -0.2) is 0 Å². The highest BCUT2D eigenvalue weighted by molar-refractivity contribution is 5.33. The summed E-state index contributed by atoms with van der Waals surface area (Å²) < 4.78 is 8.00. The first kappa shape index (κ1) is 15.6. The molecule has 0 aliphatic rings. The number of aryl methyl sites for hydroxylation is 2. The number of para-hydroxylation sites is 1. The van der Waals surface area contributed by atoms with Crippen molar-refractivity contribution in [2.45, 2.75) is 53.4 Å². The van der Waals surface area contributed by atoms with Crippen LogP contribution in [0.15, 0.2) is 30.3 Å². The van der Waals surface area contributed by atoms with E-state index in [-0.39, 0.29) is 0 Å². The average Bonchev–Trinajstić information content (AvgIpc) is 2.83. The van der Waals surface area contributed by atoms with Crippen LogP contribution in [0.25, 0.3) is 0 Å². The van der Waals surface area contributed by atoms with Gasteiger partial charge in [0.25, 0.3) is 0 Å². The fraction of sp³-hybridized carbons (Fsp3) is 0.471. The van der Waals surface area contributed by atoms with Crippen LogP contribution in [0, 0.1) is 6.92 Å². The van der Waals surface area contributed by atoms with Gasteiger partial charge in [-0.1, -0.05) is 32.0 Å². The number of hydrogen-bond donors (Lipinski definition) is 1. The Morgan fingerprint density at radius 2 is 2.05 bits per heavy atom. The lowest BCUT2D eigenvalue weighted by Crippen LogP contribution is -2.22. The van der Waals surface area contributed by atoms with Crippen molar-refractivity contribution in [2.75, 3.05) is 0 Å². The van der Waals surface area contributed by atoms with Crippen molar-refractivity contribution < 1.29 is 4.74 Å². The number of benzene rings is 1. The molecule has 4 nitrogen and oxygen atoms in total. The molecular weight excluding hydrogens is 262 g/mol. The van der Waals surface area contributed by atoms with Gasteiger partial charge in [-0.15, -0.1) is 0 Å². The van der Waals surface area contributed by atoms with Crippen LogP contribution >= 0.6 is 0 Å². The van der Waals surface area contributed by atoms with Crippen LogP contribution < -0.4 is 10.1 Å². The van der Waals surface area contributed by atoms with Gasteiger partial charge in [0.1, 0.15) is 12.4 Å². The highest BCUT2D eigenvalue weighted by atomic mass is 16.5. The van der Waals surface area contributed by atoms with Crippen molar-refractivity contribution in [2.24, 2.45) is 0 Å². The molecule has 0 fully saturated rings. The Bertz CT molecular complexity index is 575. The molecule has 0 unspecified atom stereocenters. The zero-order chi connectivity index (χ0) is 15.2. The molecule has 0 aliphatic heterocycles. The molecule has 0 radical (unpaired) electrons. The van der Waals surface area contributed by atoms with Crippen LogP contribution in [0.4, 0.5) is 0 Å².